The fraction of sp³-hybridized carbons (Fsp3) is 0.556. The fourth-order valence-electron chi connectivity index (χ4n) is 2.87. The summed E-state index contributed by atoms with van der Waals surface area (Å²) in [5, 5.41) is 15.7. The van der Waals surface area contributed by atoms with Crippen LogP contribution in [-0.4, -0.2) is 29.1 Å². The molecule has 1 unspecified atom stereocenters. The standard InChI is InChI=1S/C18H26N2O3/c1-11(19-15(22)10-18(2,3)4)17(23)20-16-13-8-6-5-7-12(13)9-14(16)21/h5-8,11,14,16,21H,9-10H2,1-4H3,(H,19,22)(H,20,23)/t11?,14-,16+/m0/s1. The van der Waals surface area contributed by atoms with Crippen LogP contribution in [0.3, 0.4) is 0 Å². The summed E-state index contributed by atoms with van der Waals surface area (Å²) in [6, 6.07) is 6.64. The minimum Gasteiger partial charge on any atom is -0.390 e. The highest BCUT2D eigenvalue weighted by atomic mass is 16.3. The van der Waals surface area contributed by atoms with Crippen LogP contribution in [0.4, 0.5) is 0 Å². The Labute approximate surface area is 137 Å². The molecular formula is C18H26N2O3. The van der Waals surface area contributed by atoms with Crippen LogP contribution in [0.1, 0.15) is 51.3 Å². The van der Waals surface area contributed by atoms with Crippen molar-refractivity contribution in [1.82, 2.24) is 10.6 Å². The van der Waals surface area contributed by atoms with Crippen LogP contribution < -0.4 is 10.6 Å². The van der Waals surface area contributed by atoms with Gasteiger partial charge in [0, 0.05) is 12.8 Å². The second kappa shape index (κ2) is 6.71. The molecule has 0 aromatic heterocycles. The molecule has 0 saturated heterocycles. The predicted octanol–water partition coefficient (Wildman–Crippen LogP) is 1.70. The molecule has 0 heterocycles. The summed E-state index contributed by atoms with van der Waals surface area (Å²) in [6.07, 6.45) is 0.264. The van der Waals surface area contributed by atoms with E-state index in [1.165, 1.54) is 0 Å². The summed E-state index contributed by atoms with van der Waals surface area (Å²) in [7, 11) is 0. The number of nitrogens with one attached hydrogen (secondary N) is 2. The van der Waals surface area contributed by atoms with Crippen LogP contribution in [0, 0.1) is 5.41 Å². The van der Waals surface area contributed by atoms with E-state index in [2.05, 4.69) is 10.6 Å². The van der Waals surface area contributed by atoms with Crippen molar-refractivity contribution in [1.29, 1.82) is 0 Å². The third-order valence-corrected chi connectivity index (χ3v) is 3.96. The third kappa shape index (κ3) is 4.55. The quantitative estimate of drug-likeness (QED) is 0.791. The highest BCUT2D eigenvalue weighted by Gasteiger charge is 2.33. The average Bonchev–Trinajstić information content (AvgIpc) is 2.73. The van der Waals surface area contributed by atoms with Gasteiger partial charge in [-0.3, -0.25) is 9.59 Å². The largest absolute Gasteiger partial charge is 0.390 e. The first-order valence-electron chi connectivity index (χ1n) is 8.03. The van der Waals surface area contributed by atoms with Crippen LogP contribution in [0.25, 0.3) is 0 Å². The van der Waals surface area contributed by atoms with Gasteiger partial charge in [0.1, 0.15) is 6.04 Å². The molecule has 5 nitrogen and oxygen atoms in total. The molecule has 2 rings (SSSR count). The molecule has 3 atom stereocenters. The Kier molecular flexibility index (Phi) is 5.09. The number of carbonyl (C=O) groups is 2. The first kappa shape index (κ1) is 17.5. The van der Waals surface area contributed by atoms with Gasteiger partial charge in [-0.15, -0.1) is 0 Å². The molecule has 0 spiro atoms. The van der Waals surface area contributed by atoms with E-state index >= 15 is 0 Å². The van der Waals surface area contributed by atoms with E-state index in [0.717, 1.165) is 11.1 Å². The van der Waals surface area contributed by atoms with Crippen molar-refractivity contribution >= 4 is 11.8 Å². The van der Waals surface area contributed by atoms with Gasteiger partial charge in [0.15, 0.2) is 0 Å². The lowest BCUT2D eigenvalue weighted by molar-refractivity contribution is -0.130. The Morgan fingerprint density at radius 1 is 1.30 bits per heavy atom. The minimum absolute atomic E-state index is 0.124. The van der Waals surface area contributed by atoms with Crippen molar-refractivity contribution < 1.29 is 14.7 Å². The van der Waals surface area contributed by atoms with Crippen molar-refractivity contribution in [2.75, 3.05) is 0 Å². The lowest BCUT2D eigenvalue weighted by atomic mass is 9.92. The second-order valence-electron chi connectivity index (χ2n) is 7.48. The topological polar surface area (TPSA) is 78.4 Å². The van der Waals surface area contributed by atoms with E-state index in [9.17, 15) is 14.7 Å². The van der Waals surface area contributed by atoms with Gasteiger partial charge in [-0.25, -0.2) is 0 Å². The summed E-state index contributed by atoms with van der Waals surface area (Å²) in [4.78, 5) is 24.3. The van der Waals surface area contributed by atoms with Crippen LogP contribution in [0.5, 0.6) is 0 Å². The number of rotatable bonds is 4. The third-order valence-electron chi connectivity index (χ3n) is 3.96. The molecule has 23 heavy (non-hydrogen) atoms. The number of hydrogen-bond donors (Lipinski definition) is 3. The molecule has 126 valence electrons. The average molecular weight is 318 g/mol. The smallest absolute Gasteiger partial charge is 0.242 e. The maximum atomic E-state index is 12.3. The number of aliphatic hydroxyl groups is 1. The van der Waals surface area contributed by atoms with Crippen LogP contribution in [0.15, 0.2) is 24.3 Å². The Morgan fingerprint density at radius 2 is 1.96 bits per heavy atom. The first-order chi connectivity index (χ1) is 10.7. The molecule has 3 N–H and O–H groups in total. The van der Waals surface area contributed by atoms with Gasteiger partial charge in [-0.05, 0) is 23.5 Å². The molecule has 5 heteroatoms. The predicted molar refractivity (Wildman–Crippen MR) is 88.7 cm³/mol. The van der Waals surface area contributed by atoms with Crippen LogP contribution in [-0.2, 0) is 16.0 Å². The first-order valence-corrected chi connectivity index (χ1v) is 8.03. The second-order valence-corrected chi connectivity index (χ2v) is 7.48. The van der Waals surface area contributed by atoms with E-state index in [1.54, 1.807) is 6.92 Å². The number of benzene rings is 1. The highest BCUT2D eigenvalue weighted by Crippen LogP contribution is 2.31. The van der Waals surface area contributed by atoms with E-state index in [-0.39, 0.29) is 17.2 Å². The Morgan fingerprint density at radius 3 is 2.61 bits per heavy atom. The summed E-state index contributed by atoms with van der Waals surface area (Å²) in [5.74, 6) is -0.430. The Bertz CT molecular complexity index is 592. The van der Waals surface area contributed by atoms with Crippen molar-refractivity contribution in [3.8, 4) is 0 Å². The zero-order chi connectivity index (χ0) is 17.2. The Balaban J connectivity index is 1.95. The minimum atomic E-state index is -0.634. The van der Waals surface area contributed by atoms with Gasteiger partial charge in [0.2, 0.25) is 11.8 Å². The SMILES string of the molecule is CC(NC(=O)CC(C)(C)C)C(=O)N[C@@H]1c2ccccc2C[C@@H]1O. The lowest BCUT2D eigenvalue weighted by Gasteiger charge is -2.23. The van der Waals surface area contributed by atoms with Gasteiger partial charge < -0.3 is 15.7 Å². The zero-order valence-corrected chi connectivity index (χ0v) is 14.2. The molecule has 0 fully saturated rings. The maximum Gasteiger partial charge on any atom is 0.242 e. The summed E-state index contributed by atoms with van der Waals surface area (Å²) >= 11 is 0. The summed E-state index contributed by atoms with van der Waals surface area (Å²) in [6.45, 7) is 7.58. The van der Waals surface area contributed by atoms with E-state index < -0.39 is 18.2 Å². The van der Waals surface area contributed by atoms with Gasteiger partial charge in [-0.2, -0.15) is 0 Å². The molecule has 1 aliphatic carbocycles. The fourth-order valence-corrected chi connectivity index (χ4v) is 2.87. The van der Waals surface area contributed by atoms with Crippen LogP contribution >= 0.6 is 0 Å². The molecular weight excluding hydrogens is 292 g/mol. The molecule has 1 aliphatic rings. The van der Waals surface area contributed by atoms with Gasteiger partial charge in [0.05, 0.1) is 12.1 Å². The highest BCUT2D eigenvalue weighted by molar-refractivity contribution is 5.87. The number of fused-ring (bicyclic) bond motifs is 1. The van der Waals surface area contributed by atoms with Gasteiger partial charge >= 0.3 is 0 Å². The van der Waals surface area contributed by atoms with Crippen molar-refractivity contribution in [3.63, 3.8) is 0 Å². The number of carbonyl (C=O) groups excluding carboxylic acids is 2. The summed E-state index contributed by atoms with van der Waals surface area (Å²) in [5.41, 5.74) is 1.87. The lowest BCUT2D eigenvalue weighted by Crippen LogP contribution is -2.47. The molecule has 0 aliphatic heterocycles. The summed E-state index contributed by atoms with van der Waals surface area (Å²) < 4.78 is 0. The monoisotopic (exact) mass is 318 g/mol. The van der Waals surface area contributed by atoms with E-state index in [4.69, 9.17) is 0 Å². The van der Waals surface area contributed by atoms with E-state index in [1.807, 2.05) is 45.0 Å². The van der Waals surface area contributed by atoms with Crippen molar-refractivity contribution in [3.05, 3.63) is 35.4 Å². The number of amides is 2. The number of hydrogen-bond acceptors (Lipinski definition) is 3. The molecule has 0 radical (unpaired) electrons. The molecule has 0 saturated carbocycles. The van der Waals surface area contributed by atoms with Crippen LogP contribution in [0.2, 0.25) is 0 Å². The molecule has 2 amide bonds. The van der Waals surface area contributed by atoms with Gasteiger partial charge in [0.25, 0.3) is 0 Å². The molecule has 1 aromatic rings. The van der Waals surface area contributed by atoms with E-state index in [0.29, 0.717) is 12.8 Å². The van der Waals surface area contributed by atoms with Gasteiger partial charge in [-0.1, -0.05) is 45.0 Å². The normalized spacial score (nSPS) is 21.4. The molecule has 1 aromatic carbocycles. The molecule has 0 bridgehead atoms. The van der Waals surface area contributed by atoms with Crippen molar-refractivity contribution in [2.45, 2.75) is 58.7 Å². The number of aliphatic hydroxyl groups excluding tert-OH is 1. The maximum absolute atomic E-state index is 12.3. The van der Waals surface area contributed by atoms with Crippen molar-refractivity contribution in [2.24, 2.45) is 5.41 Å². The zero-order valence-electron chi connectivity index (χ0n) is 14.2. The Hall–Kier alpha value is -1.88.